The molecule has 3 rings (SSSR count). The Kier molecular flexibility index (Phi) is 4.48. The smallest absolute Gasteiger partial charge is 0.0119 e. The molecule has 3 aliphatic rings. The van der Waals surface area contributed by atoms with E-state index in [0.29, 0.717) is 0 Å². The van der Waals surface area contributed by atoms with Crippen molar-refractivity contribution in [2.45, 2.75) is 70.4 Å². The molecule has 0 bridgehead atoms. The van der Waals surface area contributed by atoms with Crippen LogP contribution in [0.5, 0.6) is 0 Å². The van der Waals surface area contributed by atoms with E-state index in [2.05, 4.69) is 23.8 Å². The lowest BCUT2D eigenvalue weighted by atomic mass is 9.82. The van der Waals surface area contributed by atoms with Crippen LogP contribution in [-0.2, 0) is 0 Å². The highest BCUT2D eigenvalue weighted by Gasteiger charge is 2.33. The molecule has 2 heteroatoms. The van der Waals surface area contributed by atoms with Gasteiger partial charge in [-0.3, -0.25) is 0 Å². The van der Waals surface area contributed by atoms with Gasteiger partial charge in [0.05, 0.1) is 0 Å². The maximum atomic E-state index is 2.76. The van der Waals surface area contributed by atoms with Gasteiger partial charge in [0.25, 0.3) is 0 Å². The molecule has 2 saturated carbocycles. The summed E-state index contributed by atoms with van der Waals surface area (Å²) in [5, 5.41) is 0. The highest BCUT2D eigenvalue weighted by atomic mass is 15.2. The van der Waals surface area contributed by atoms with Gasteiger partial charge in [-0.2, -0.15) is 0 Å². The molecule has 0 radical (unpaired) electrons. The van der Waals surface area contributed by atoms with Crippen molar-refractivity contribution in [2.75, 3.05) is 26.7 Å². The number of hydrogen-bond donors (Lipinski definition) is 0. The largest absolute Gasteiger partial charge is 0.303 e. The second kappa shape index (κ2) is 6.13. The number of rotatable bonds is 4. The van der Waals surface area contributed by atoms with E-state index in [1.807, 2.05) is 0 Å². The maximum absolute atomic E-state index is 2.76. The zero-order valence-electron chi connectivity index (χ0n) is 13.0. The summed E-state index contributed by atoms with van der Waals surface area (Å²) in [5.41, 5.74) is 0. The van der Waals surface area contributed by atoms with E-state index in [9.17, 15) is 0 Å². The molecule has 2 aliphatic carbocycles. The standard InChI is InChI=1S/C17H32N2/c1-14-3-5-15(6-4-14)13-19-11-9-17(10-12-19)18(2)16-7-8-16/h14-17H,3-13H2,1-2H3. The van der Waals surface area contributed by atoms with Crippen LogP contribution < -0.4 is 0 Å². The van der Waals surface area contributed by atoms with Gasteiger partial charge in [-0.05, 0) is 70.5 Å². The van der Waals surface area contributed by atoms with Gasteiger partial charge in [-0.15, -0.1) is 0 Å². The third kappa shape index (κ3) is 3.72. The second-order valence-corrected chi connectivity index (χ2v) is 7.55. The molecular formula is C17H32N2. The third-order valence-corrected chi connectivity index (χ3v) is 5.91. The lowest BCUT2D eigenvalue weighted by molar-refractivity contribution is 0.102. The van der Waals surface area contributed by atoms with Crippen molar-refractivity contribution in [3.05, 3.63) is 0 Å². The van der Waals surface area contributed by atoms with Crippen molar-refractivity contribution in [1.82, 2.24) is 9.80 Å². The van der Waals surface area contributed by atoms with Crippen molar-refractivity contribution in [2.24, 2.45) is 11.8 Å². The third-order valence-electron chi connectivity index (χ3n) is 5.91. The SMILES string of the molecule is CC1CCC(CN2CCC(N(C)C3CC3)CC2)CC1. The van der Waals surface area contributed by atoms with Crippen LogP contribution in [0.3, 0.4) is 0 Å². The van der Waals surface area contributed by atoms with Crippen LogP contribution in [0.2, 0.25) is 0 Å². The molecule has 0 aromatic carbocycles. The van der Waals surface area contributed by atoms with Crippen LogP contribution in [0.15, 0.2) is 0 Å². The fourth-order valence-electron chi connectivity index (χ4n) is 4.17. The van der Waals surface area contributed by atoms with Crippen LogP contribution in [0.1, 0.15) is 58.3 Å². The zero-order chi connectivity index (χ0) is 13.2. The highest BCUT2D eigenvalue weighted by Crippen LogP contribution is 2.32. The summed E-state index contributed by atoms with van der Waals surface area (Å²) in [7, 11) is 2.36. The Morgan fingerprint density at radius 3 is 2.00 bits per heavy atom. The van der Waals surface area contributed by atoms with Crippen molar-refractivity contribution < 1.29 is 0 Å². The minimum absolute atomic E-state index is 0.884. The van der Waals surface area contributed by atoms with Crippen LogP contribution in [0, 0.1) is 11.8 Å². The van der Waals surface area contributed by atoms with E-state index in [1.165, 1.54) is 71.0 Å². The van der Waals surface area contributed by atoms with Gasteiger partial charge in [-0.1, -0.05) is 19.8 Å². The van der Waals surface area contributed by atoms with Gasteiger partial charge < -0.3 is 9.80 Å². The van der Waals surface area contributed by atoms with E-state index in [-0.39, 0.29) is 0 Å². The summed E-state index contributed by atoms with van der Waals surface area (Å²) in [6.07, 6.45) is 11.7. The van der Waals surface area contributed by atoms with Gasteiger partial charge >= 0.3 is 0 Å². The van der Waals surface area contributed by atoms with Gasteiger partial charge in [0.2, 0.25) is 0 Å². The van der Waals surface area contributed by atoms with Gasteiger partial charge in [0.15, 0.2) is 0 Å². The molecule has 110 valence electrons. The lowest BCUT2D eigenvalue weighted by Crippen LogP contribution is -2.45. The first-order valence-corrected chi connectivity index (χ1v) is 8.66. The summed E-state index contributed by atoms with van der Waals surface area (Å²) >= 11 is 0. The fraction of sp³-hybridized carbons (Fsp3) is 1.00. The quantitative estimate of drug-likeness (QED) is 0.768. The molecule has 2 nitrogen and oxygen atoms in total. The van der Waals surface area contributed by atoms with Gasteiger partial charge in [0.1, 0.15) is 0 Å². The van der Waals surface area contributed by atoms with E-state index < -0.39 is 0 Å². The van der Waals surface area contributed by atoms with Crippen LogP contribution >= 0.6 is 0 Å². The van der Waals surface area contributed by atoms with Crippen molar-refractivity contribution >= 4 is 0 Å². The monoisotopic (exact) mass is 264 g/mol. The van der Waals surface area contributed by atoms with Gasteiger partial charge in [0, 0.05) is 18.6 Å². The Morgan fingerprint density at radius 2 is 1.42 bits per heavy atom. The number of likely N-dealkylation sites (tertiary alicyclic amines) is 1. The predicted octanol–water partition coefficient (Wildman–Crippen LogP) is 3.37. The summed E-state index contributed by atoms with van der Waals surface area (Å²) in [4.78, 5) is 5.44. The molecule has 0 aromatic rings. The van der Waals surface area contributed by atoms with Crippen LogP contribution in [0.25, 0.3) is 0 Å². The van der Waals surface area contributed by atoms with Crippen molar-refractivity contribution in [3.63, 3.8) is 0 Å². The molecule has 1 aliphatic heterocycles. The van der Waals surface area contributed by atoms with E-state index in [4.69, 9.17) is 0 Å². The summed E-state index contributed by atoms with van der Waals surface area (Å²) < 4.78 is 0. The summed E-state index contributed by atoms with van der Waals surface area (Å²) in [6.45, 7) is 6.53. The van der Waals surface area contributed by atoms with Crippen molar-refractivity contribution in [3.8, 4) is 0 Å². The van der Waals surface area contributed by atoms with Crippen LogP contribution in [-0.4, -0.2) is 48.6 Å². The second-order valence-electron chi connectivity index (χ2n) is 7.55. The lowest BCUT2D eigenvalue weighted by Gasteiger charge is -2.39. The summed E-state index contributed by atoms with van der Waals surface area (Å²) in [6, 6.07) is 1.83. The number of hydrogen-bond acceptors (Lipinski definition) is 2. The molecule has 0 atom stereocenters. The topological polar surface area (TPSA) is 6.48 Å². The van der Waals surface area contributed by atoms with E-state index >= 15 is 0 Å². The molecular weight excluding hydrogens is 232 g/mol. The first kappa shape index (κ1) is 13.9. The molecule has 19 heavy (non-hydrogen) atoms. The fourth-order valence-corrected chi connectivity index (χ4v) is 4.17. The average molecular weight is 264 g/mol. The first-order valence-electron chi connectivity index (χ1n) is 8.66. The van der Waals surface area contributed by atoms with E-state index in [0.717, 1.165) is 23.9 Å². The highest BCUT2D eigenvalue weighted by molar-refractivity contribution is 4.89. The Hall–Kier alpha value is -0.0800. The maximum Gasteiger partial charge on any atom is 0.0119 e. The Balaban J connectivity index is 1.38. The molecule has 0 N–H and O–H groups in total. The number of nitrogens with zero attached hydrogens (tertiary/aromatic N) is 2. The summed E-state index contributed by atoms with van der Waals surface area (Å²) in [5.74, 6) is 2.00. The average Bonchev–Trinajstić information content (AvgIpc) is 3.26. The van der Waals surface area contributed by atoms with Gasteiger partial charge in [-0.25, -0.2) is 0 Å². The molecule has 0 amide bonds. The zero-order valence-corrected chi connectivity index (χ0v) is 13.0. The number of piperidine rings is 1. The Morgan fingerprint density at radius 1 is 0.842 bits per heavy atom. The Bertz CT molecular complexity index is 271. The minimum Gasteiger partial charge on any atom is -0.303 e. The molecule has 3 fully saturated rings. The minimum atomic E-state index is 0.884. The van der Waals surface area contributed by atoms with E-state index in [1.54, 1.807) is 0 Å². The molecule has 0 unspecified atom stereocenters. The molecule has 1 heterocycles. The molecule has 1 saturated heterocycles. The normalized spacial score (nSPS) is 34.9. The first-order chi connectivity index (χ1) is 9.22. The molecule has 0 spiro atoms. The van der Waals surface area contributed by atoms with Crippen molar-refractivity contribution in [1.29, 1.82) is 0 Å². The molecule has 0 aromatic heterocycles. The predicted molar refractivity (Wildman–Crippen MR) is 81.4 cm³/mol. The van der Waals surface area contributed by atoms with Crippen LogP contribution in [0.4, 0.5) is 0 Å². The Labute approximate surface area is 119 Å².